The van der Waals surface area contributed by atoms with Crippen LogP contribution in [0, 0.1) is 11.7 Å². The fourth-order valence-electron chi connectivity index (χ4n) is 5.85. The SMILES string of the molecule is NC(=O)[C@H](Cc1ccc(Cl)cc1F)N(C(=O)C1(c2ccc(Cl)cc2Cl)CC1)[C@@H]1CN2CCC1CC2. The number of benzene rings is 2. The number of rotatable bonds is 7. The number of piperidine rings is 3. The summed E-state index contributed by atoms with van der Waals surface area (Å²) in [5.74, 6) is -1.08. The predicted molar refractivity (Wildman–Crippen MR) is 135 cm³/mol. The minimum atomic E-state index is -0.993. The first kappa shape index (κ1) is 24.8. The van der Waals surface area contributed by atoms with E-state index in [4.69, 9.17) is 40.5 Å². The Hall–Kier alpha value is -1.86. The third-order valence-electron chi connectivity index (χ3n) is 7.91. The van der Waals surface area contributed by atoms with Gasteiger partial charge in [-0.05, 0) is 80.1 Å². The number of primary amides is 1. The van der Waals surface area contributed by atoms with Crippen molar-refractivity contribution in [1.29, 1.82) is 0 Å². The Morgan fingerprint density at radius 2 is 1.74 bits per heavy atom. The second-order valence-electron chi connectivity index (χ2n) is 9.98. The molecule has 4 aliphatic rings. The molecule has 3 aliphatic heterocycles. The average molecular weight is 539 g/mol. The van der Waals surface area contributed by atoms with Gasteiger partial charge in [0.05, 0.1) is 5.41 Å². The number of fused-ring (bicyclic) bond motifs is 3. The highest BCUT2D eigenvalue weighted by molar-refractivity contribution is 6.35. The Bertz CT molecular complexity index is 1160. The second kappa shape index (κ2) is 9.55. The third-order valence-corrected chi connectivity index (χ3v) is 8.70. The first-order valence-electron chi connectivity index (χ1n) is 11.9. The quantitative estimate of drug-likeness (QED) is 0.549. The zero-order chi connectivity index (χ0) is 24.9. The number of carbonyl (C=O) groups excluding carboxylic acids is 2. The number of amides is 2. The van der Waals surface area contributed by atoms with Crippen LogP contribution in [0.4, 0.5) is 4.39 Å². The summed E-state index contributed by atoms with van der Waals surface area (Å²) in [6.45, 7) is 2.63. The number of hydrogen-bond acceptors (Lipinski definition) is 3. The van der Waals surface area contributed by atoms with E-state index in [1.165, 1.54) is 6.07 Å². The van der Waals surface area contributed by atoms with Gasteiger partial charge in [0.15, 0.2) is 0 Å². The van der Waals surface area contributed by atoms with Gasteiger partial charge in [-0.15, -0.1) is 0 Å². The Labute approximate surface area is 219 Å². The van der Waals surface area contributed by atoms with E-state index in [1.54, 1.807) is 35.2 Å². The van der Waals surface area contributed by atoms with Crippen molar-refractivity contribution in [3.63, 3.8) is 0 Å². The van der Waals surface area contributed by atoms with Crippen LogP contribution in [0.25, 0.3) is 0 Å². The third kappa shape index (κ3) is 4.66. The van der Waals surface area contributed by atoms with E-state index < -0.39 is 23.2 Å². The molecule has 4 fully saturated rings. The van der Waals surface area contributed by atoms with Crippen molar-refractivity contribution in [2.45, 2.75) is 49.6 Å². The van der Waals surface area contributed by atoms with Gasteiger partial charge in [0.25, 0.3) is 0 Å². The molecule has 0 unspecified atom stereocenters. The molecule has 2 amide bonds. The molecular formula is C26H27Cl3FN3O2. The van der Waals surface area contributed by atoms with E-state index in [0.29, 0.717) is 40.6 Å². The van der Waals surface area contributed by atoms with E-state index in [9.17, 15) is 14.0 Å². The molecule has 3 saturated heterocycles. The van der Waals surface area contributed by atoms with Crippen LogP contribution < -0.4 is 5.73 Å². The van der Waals surface area contributed by atoms with Gasteiger partial charge in [-0.2, -0.15) is 0 Å². The van der Waals surface area contributed by atoms with Crippen molar-refractivity contribution < 1.29 is 14.0 Å². The van der Waals surface area contributed by atoms with Gasteiger partial charge in [-0.1, -0.05) is 46.9 Å². The van der Waals surface area contributed by atoms with Crippen molar-refractivity contribution in [2.24, 2.45) is 11.7 Å². The number of nitrogens with zero attached hydrogens (tertiary/aromatic N) is 2. The molecule has 0 aromatic heterocycles. The number of nitrogens with two attached hydrogens (primary N) is 1. The Kier molecular flexibility index (Phi) is 6.77. The van der Waals surface area contributed by atoms with Crippen molar-refractivity contribution in [3.05, 3.63) is 68.4 Å². The van der Waals surface area contributed by atoms with Crippen LogP contribution in [0.5, 0.6) is 0 Å². The molecule has 5 nitrogen and oxygen atoms in total. The standard InChI is InChI=1S/C26H27Cl3FN3O2/c27-17-3-4-19(20(29)12-17)26(7-8-26)25(35)33(23-14-32-9-5-15(23)6-10-32)22(24(31)34)11-16-1-2-18(28)13-21(16)30/h1-4,12-13,15,22-23H,5-11,14H2,(H2,31,34)/t22-,23+/m0/s1. The topological polar surface area (TPSA) is 66.6 Å². The van der Waals surface area contributed by atoms with Crippen molar-refractivity contribution in [2.75, 3.05) is 19.6 Å². The van der Waals surface area contributed by atoms with Gasteiger partial charge in [0.2, 0.25) is 11.8 Å². The van der Waals surface area contributed by atoms with Gasteiger partial charge in [-0.25, -0.2) is 4.39 Å². The molecule has 2 atom stereocenters. The highest BCUT2D eigenvalue weighted by Crippen LogP contribution is 2.53. The van der Waals surface area contributed by atoms with Crippen LogP contribution in [-0.4, -0.2) is 53.3 Å². The lowest BCUT2D eigenvalue weighted by Gasteiger charge is -2.51. The average Bonchev–Trinajstić information content (AvgIpc) is 3.62. The molecule has 2 bridgehead atoms. The lowest BCUT2D eigenvalue weighted by Crippen LogP contribution is -2.65. The zero-order valence-electron chi connectivity index (χ0n) is 19.2. The molecular weight excluding hydrogens is 512 g/mol. The Morgan fingerprint density at radius 3 is 2.29 bits per heavy atom. The number of halogens is 4. The minimum absolute atomic E-state index is 0.0161. The summed E-state index contributed by atoms with van der Waals surface area (Å²) in [4.78, 5) is 31.3. The molecule has 1 saturated carbocycles. The Balaban J connectivity index is 1.56. The van der Waals surface area contributed by atoms with E-state index >= 15 is 0 Å². The molecule has 0 radical (unpaired) electrons. The monoisotopic (exact) mass is 537 g/mol. The van der Waals surface area contributed by atoms with Crippen LogP contribution in [0.3, 0.4) is 0 Å². The zero-order valence-corrected chi connectivity index (χ0v) is 21.4. The molecule has 2 aromatic rings. The largest absolute Gasteiger partial charge is 0.368 e. The molecule has 186 valence electrons. The van der Waals surface area contributed by atoms with Crippen molar-refractivity contribution >= 4 is 46.6 Å². The van der Waals surface area contributed by atoms with E-state index in [1.807, 2.05) is 0 Å². The van der Waals surface area contributed by atoms with Gasteiger partial charge in [0.1, 0.15) is 11.9 Å². The summed E-state index contributed by atoms with van der Waals surface area (Å²) in [6, 6.07) is 8.33. The molecule has 9 heteroatoms. The van der Waals surface area contributed by atoms with Crippen LogP contribution in [-0.2, 0) is 21.4 Å². The maximum absolute atomic E-state index is 14.8. The van der Waals surface area contributed by atoms with Gasteiger partial charge < -0.3 is 15.5 Å². The minimum Gasteiger partial charge on any atom is -0.368 e. The molecule has 2 N–H and O–H groups in total. The van der Waals surface area contributed by atoms with Gasteiger partial charge >= 0.3 is 0 Å². The summed E-state index contributed by atoms with van der Waals surface area (Å²) >= 11 is 18.6. The van der Waals surface area contributed by atoms with E-state index in [-0.39, 0.29) is 29.3 Å². The smallest absolute Gasteiger partial charge is 0.240 e. The molecule has 2 aromatic carbocycles. The van der Waals surface area contributed by atoms with Crippen molar-refractivity contribution in [1.82, 2.24) is 9.80 Å². The molecule has 3 heterocycles. The molecule has 35 heavy (non-hydrogen) atoms. The number of hydrogen-bond donors (Lipinski definition) is 1. The van der Waals surface area contributed by atoms with Crippen molar-refractivity contribution in [3.8, 4) is 0 Å². The fourth-order valence-corrected chi connectivity index (χ4v) is 6.60. The Morgan fingerprint density at radius 1 is 1.09 bits per heavy atom. The maximum Gasteiger partial charge on any atom is 0.240 e. The second-order valence-corrected chi connectivity index (χ2v) is 11.3. The molecule has 1 aliphatic carbocycles. The molecule has 6 rings (SSSR count). The highest BCUT2D eigenvalue weighted by Gasteiger charge is 2.57. The fraction of sp³-hybridized carbons (Fsp3) is 0.462. The summed E-state index contributed by atoms with van der Waals surface area (Å²) < 4.78 is 14.8. The summed E-state index contributed by atoms with van der Waals surface area (Å²) in [7, 11) is 0. The van der Waals surface area contributed by atoms with E-state index in [0.717, 1.165) is 25.9 Å². The predicted octanol–water partition coefficient (Wildman–Crippen LogP) is 4.84. The van der Waals surface area contributed by atoms with Crippen LogP contribution in [0.15, 0.2) is 36.4 Å². The van der Waals surface area contributed by atoms with Gasteiger partial charge in [-0.3, -0.25) is 9.59 Å². The first-order chi connectivity index (χ1) is 16.7. The molecule has 0 spiro atoms. The van der Waals surface area contributed by atoms with Crippen LogP contribution in [0.1, 0.15) is 36.8 Å². The van der Waals surface area contributed by atoms with Crippen LogP contribution in [0.2, 0.25) is 15.1 Å². The first-order valence-corrected chi connectivity index (χ1v) is 13.1. The summed E-state index contributed by atoms with van der Waals surface area (Å²) in [5, 5.41) is 1.18. The van der Waals surface area contributed by atoms with Gasteiger partial charge in [0, 0.05) is 34.1 Å². The van der Waals surface area contributed by atoms with Crippen LogP contribution >= 0.6 is 34.8 Å². The lowest BCUT2D eigenvalue weighted by molar-refractivity contribution is -0.149. The summed E-state index contributed by atoms with van der Waals surface area (Å²) in [5.41, 5.74) is 6.10. The lowest BCUT2D eigenvalue weighted by atomic mass is 9.80. The highest BCUT2D eigenvalue weighted by atomic mass is 35.5. The normalized spacial score (nSPS) is 25.2. The maximum atomic E-state index is 14.8. The summed E-state index contributed by atoms with van der Waals surface area (Å²) in [6.07, 6.45) is 3.11. The number of carbonyl (C=O) groups is 2. The van der Waals surface area contributed by atoms with E-state index in [2.05, 4.69) is 4.90 Å².